The summed E-state index contributed by atoms with van der Waals surface area (Å²) >= 11 is 0. The summed E-state index contributed by atoms with van der Waals surface area (Å²) < 4.78 is 5.66. The summed E-state index contributed by atoms with van der Waals surface area (Å²) in [5.74, 6) is 0. The first-order chi connectivity index (χ1) is 6.33. The van der Waals surface area contributed by atoms with Crippen LogP contribution in [0.2, 0.25) is 0 Å². The molecule has 0 atom stereocenters. The Balaban J connectivity index is 2.29. The van der Waals surface area contributed by atoms with E-state index in [1.165, 1.54) is 38.5 Å². The van der Waals surface area contributed by atoms with Gasteiger partial charge in [-0.1, -0.05) is 26.2 Å². The Morgan fingerprint density at radius 1 is 1.23 bits per heavy atom. The fraction of sp³-hybridized carbons (Fsp3) is 1.00. The maximum atomic E-state index is 5.66. The lowest BCUT2D eigenvalue weighted by molar-refractivity contribution is -0.0374. The van der Waals surface area contributed by atoms with Crippen LogP contribution in [0.15, 0.2) is 0 Å². The number of nitrogens with one attached hydrogen (secondary N) is 1. The summed E-state index contributed by atoms with van der Waals surface area (Å²) in [7, 11) is 1.86. The van der Waals surface area contributed by atoms with Crippen LogP contribution in [-0.4, -0.2) is 25.8 Å². The zero-order chi connectivity index (χ0) is 9.57. The molecule has 0 bridgehead atoms. The lowest BCUT2D eigenvalue weighted by atomic mass is 9.84. The van der Waals surface area contributed by atoms with Crippen LogP contribution in [-0.2, 0) is 4.74 Å². The van der Waals surface area contributed by atoms with E-state index >= 15 is 0 Å². The van der Waals surface area contributed by atoms with Gasteiger partial charge in [0.1, 0.15) is 0 Å². The van der Waals surface area contributed by atoms with Gasteiger partial charge in [-0.3, -0.25) is 0 Å². The Morgan fingerprint density at radius 2 is 1.92 bits per heavy atom. The summed E-state index contributed by atoms with van der Waals surface area (Å²) in [6.45, 7) is 4.36. The van der Waals surface area contributed by atoms with Crippen LogP contribution in [0.1, 0.15) is 45.4 Å². The van der Waals surface area contributed by atoms with Gasteiger partial charge in [0.2, 0.25) is 0 Å². The van der Waals surface area contributed by atoms with Crippen molar-refractivity contribution in [2.24, 2.45) is 0 Å². The van der Waals surface area contributed by atoms with Crippen LogP contribution in [0.3, 0.4) is 0 Å². The fourth-order valence-corrected chi connectivity index (χ4v) is 2.14. The van der Waals surface area contributed by atoms with Gasteiger partial charge in [-0.2, -0.15) is 0 Å². The maximum Gasteiger partial charge on any atom is 0.0802 e. The van der Waals surface area contributed by atoms with Gasteiger partial charge in [-0.15, -0.1) is 0 Å². The smallest absolute Gasteiger partial charge is 0.0802 e. The molecule has 0 amide bonds. The Bertz CT molecular complexity index is 130. The molecular weight excluding hydrogens is 162 g/mol. The molecule has 13 heavy (non-hydrogen) atoms. The Labute approximate surface area is 82.0 Å². The van der Waals surface area contributed by atoms with Crippen molar-refractivity contribution >= 4 is 0 Å². The Hall–Kier alpha value is -0.0800. The van der Waals surface area contributed by atoms with Gasteiger partial charge in [0.25, 0.3) is 0 Å². The molecule has 2 nitrogen and oxygen atoms in total. The minimum atomic E-state index is 0.160. The number of methoxy groups -OCH3 is 1. The SMILES string of the molecule is CCCNCC1(OC)CCCCC1. The van der Waals surface area contributed by atoms with E-state index in [0.717, 1.165) is 13.1 Å². The first-order valence-electron chi connectivity index (χ1n) is 5.59. The topological polar surface area (TPSA) is 21.3 Å². The third kappa shape index (κ3) is 3.28. The molecule has 1 N–H and O–H groups in total. The van der Waals surface area contributed by atoms with Crippen molar-refractivity contribution in [1.29, 1.82) is 0 Å². The molecule has 0 aromatic carbocycles. The minimum absolute atomic E-state index is 0.160. The van der Waals surface area contributed by atoms with Crippen LogP contribution in [0.5, 0.6) is 0 Å². The molecular formula is C11H23NO. The van der Waals surface area contributed by atoms with Crippen LogP contribution in [0.4, 0.5) is 0 Å². The van der Waals surface area contributed by atoms with E-state index in [0.29, 0.717) is 0 Å². The third-order valence-corrected chi connectivity index (χ3v) is 3.07. The number of rotatable bonds is 5. The molecule has 0 aliphatic heterocycles. The fourth-order valence-electron chi connectivity index (χ4n) is 2.14. The first-order valence-corrected chi connectivity index (χ1v) is 5.59. The second-order valence-corrected chi connectivity index (χ2v) is 4.12. The summed E-state index contributed by atoms with van der Waals surface area (Å²) in [6.07, 6.45) is 7.74. The highest BCUT2D eigenvalue weighted by atomic mass is 16.5. The quantitative estimate of drug-likeness (QED) is 0.664. The van der Waals surface area contributed by atoms with Crippen molar-refractivity contribution in [1.82, 2.24) is 5.32 Å². The average molecular weight is 185 g/mol. The van der Waals surface area contributed by atoms with Crippen LogP contribution >= 0.6 is 0 Å². The Morgan fingerprint density at radius 3 is 2.46 bits per heavy atom. The largest absolute Gasteiger partial charge is 0.377 e. The van der Waals surface area contributed by atoms with Gasteiger partial charge in [-0.25, -0.2) is 0 Å². The molecule has 1 saturated carbocycles. The molecule has 0 heterocycles. The maximum absolute atomic E-state index is 5.66. The van der Waals surface area contributed by atoms with Crippen molar-refractivity contribution in [2.45, 2.75) is 51.0 Å². The lowest BCUT2D eigenvalue weighted by Crippen LogP contribution is -2.44. The van der Waals surface area contributed by atoms with Gasteiger partial charge < -0.3 is 10.1 Å². The van der Waals surface area contributed by atoms with Crippen molar-refractivity contribution in [3.63, 3.8) is 0 Å². The molecule has 0 spiro atoms. The van der Waals surface area contributed by atoms with Crippen LogP contribution in [0, 0.1) is 0 Å². The average Bonchev–Trinajstić information content (AvgIpc) is 2.20. The zero-order valence-corrected chi connectivity index (χ0v) is 9.07. The molecule has 1 aliphatic carbocycles. The first kappa shape index (κ1) is 11.0. The van der Waals surface area contributed by atoms with Crippen molar-refractivity contribution in [3.8, 4) is 0 Å². The van der Waals surface area contributed by atoms with Crippen molar-refractivity contribution in [2.75, 3.05) is 20.2 Å². The normalized spacial score (nSPS) is 21.7. The summed E-state index contributed by atoms with van der Waals surface area (Å²) in [4.78, 5) is 0. The summed E-state index contributed by atoms with van der Waals surface area (Å²) in [5.41, 5.74) is 0.160. The molecule has 0 saturated heterocycles. The number of ether oxygens (including phenoxy) is 1. The van der Waals surface area contributed by atoms with E-state index in [1.807, 2.05) is 7.11 Å². The number of hydrogen-bond acceptors (Lipinski definition) is 2. The second-order valence-electron chi connectivity index (χ2n) is 4.12. The molecule has 1 rings (SSSR count). The zero-order valence-electron chi connectivity index (χ0n) is 9.07. The van der Waals surface area contributed by atoms with Crippen molar-refractivity contribution < 1.29 is 4.74 Å². The van der Waals surface area contributed by atoms with Crippen LogP contribution in [0.25, 0.3) is 0 Å². The lowest BCUT2D eigenvalue weighted by Gasteiger charge is -2.36. The predicted molar refractivity (Wildman–Crippen MR) is 56.0 cm³/mol. The number of hydrogen-bond donors (Lipinski definition) is 1. The highest BCUT2D eigenvalue weighted by molar-refractivity contribution is 4.86. The minimum Gasteiger partial charge on any atom is -0.377 e. The van der Waals surface area contributed by atoms with Gasteiger partial charge in [-0.05, 0) is 25.8 Å². The van der Waals surface area contributed by atoms with Crippen LogP contribution < -0.4 is 5.32 Å². The van der Waals surface area contributed by atoms with E-state index in [9.17, 15) is 0 Å². The Kier molecular flexibility index (Phi) is 4.74. The van der Waals surface area contributed by atoms with E-state index < -0.39 is 0 Å². The third-order valence-electron chi connectivity index (χ3n) is 3.07. The van der Waals surface area contributed by atoms with Gasteiger partial charge >= 0.3 is 0 Å². The second kappa shape index (κ2) is 5.61. The molecule has 0 aromatic heterocycles. The van der Waals surface area contributed by atoms with Crippen molar-refractivity contribution in [3.05, 3.63) is 0 Å². The molecule has 0 unspecified atom stereocenters. The summed E-state index contributed by atoms with van der Waals surface area (Å²) in [5, 5.41) is 3.47. The van der Waals surface area contributed by atoms with Gasteiger partial charge in [0, 0.05) is 13.7 Å². The molecule has 0 radical (unpaired) electrons. The molecule has 1 fully saturated rings. The van der Waals surface area contributed by atoms with Gasteiger partial charge in [0.05, 0.1) is 5.60 Å². The molecule has 1 aliphatic rings. The monoisotopic (exact) mass is 185 g/mol. The molecule has 0 aromatic rings. The van der Waals surface area contributed by atoms with E-state index in [1.54, 1.807) is 0 Å². The summed E-state index contributed by atoms with van der Waals surface area (Å²) in [6, 6.07) is 0. The van der Waals surface area contributed by atoms with Gasteiger partial charge in [0.15, 0.2) is 0 Å². The highest BCUT2D eigenvalue weighted by Gasteiger charge is 2.30. The van der Waals surface area contributed by atoms with E-state index in [-0.39, 0.29) is 5.60 Å². The predicted octanol–water partition coefficient (Wildman–Crippen LogP) is 2.34. The van der Waals surface area contributed by atoms with E-state index in [2.05, 4.69) is 12.2 Å². The van der Waals surface area contributed by atoms with E-state index in [4.69, 9.17) is 4.74 Å². The standard InChI is InChI=1S/C11H23NO/c1-3-9-12-10-11(13-2)7-5-4-6-8-11/h12H,3-10H2,1-2H3. The molecule has 78 valence electrons. The highest BCUT2D eigenvalue weighted by Crippen LogP contribution is 2.30. The molecule has 2 heteroatoms.